The van der Waals surface area contributed by atoms with Crippen LogP contribution in [0.3, 0.4) is 0 Å². The first kappa shape index (κ1) is 29.4. The van der Waals surface area contributed by atoms with Crippen molar-refractivity contribution < 1.29 is 0 Å². The summed E-state index contributed by atoms with van der Waals surface area (Å²) in [5, 5.41) is 2.10. The molecule has 0 saturated heterocycles. The summed E-state index contributed by atoms with van der Waals surface area (Å²) in [6.45, 7) is 0. The van der Waals surface area contributed by atoms with Gasteiger partial charge in [0.1, 0.15) is 0 Å². The number of hydrogen-bond acceptors (Lipinski definition) is 4. The molecule has 0 aliphatic carbocycles. The summed E-state index contributed by atoms with van der Waals surface area (Å²) in [5.74, 6) is 0.678. The SMILES string of the molecule is c1ccc(-c2cc(-c3ccccc3-c3cc(-c4ccccc4)c4ccc5ccc(-c6ccccc6)nc5c4n3)nc(-c3ccccc3)n2)cc1. The molecule has 50 heavy (non-hydrogen) atoms. The predicted octanol–water partition coefficient (Wildman–Crippen LogP) is 11.6. The van der Waals surface area contributed by atoms with Crippen molar-refractivity contribution in [3.8, 4) is 67.5 Å². The molecular weight excluding hydrogens is 609 g/mol. The first-order valence-electron chi connectivity index (χ1n) is 16.7. The third-order valence-electron chi connectivity index (χ3n) is 9.10. The van der Waals surface area contributed by atoms with Crippen molar-refractivity contribution in [3.63, 3.8) is 0 Å². The lowest BCUT2D eigenvalue weighted by molar-refractivity contribution is 1.18. The van der Waals surface area contributed by atoms with Gasteiger partial charge in [0.05, 0.1) is 33.8 Å². The highest BCUT2D eigenvalue weighted by Crippen LogP contribution is 2.39. The van der Waals surface area contributed by atoms with Crippen molar-refractivity contribution >= 4 is 21.8 Å². The molecule has 0 amide bonds. The molecule has 0 fully saturated rings. The molecule has 0 bridgehead atoms. The molecule has 0 unspecified atom stereocenters. The van der Waals surface area contributed by atoms with Gasteiger partial charge in [0.25, 0.3) is 0 Å². The smallest absolute Gasteiger partial charge is 0.160 e. The summed E-state index contributed by atoms with van der Waals surface area (Å²) in [7, 11) is 0. The summed E-state index contributed by atoms with van der Waals surface area (Å²) in [4.78, 5) is 20.9. The molecule has 0 saturated carbocycles. The molecule has 9 rings (SSSR count). The van der Waals surface area contributed by atoms with E-state index in [1.165, 1.54) is 0 Å². The highest BCUT2D eigenvalue weighted by Gasteiger charge is 2.18. The molecule has 234 valence electrons. The first-order chi connectivity index (χ1) is 24.8. The van der Waals surface area contributed by atoms with Crippen molar-refractivity contribution in [1.82, 2.24) is 19.9 Å². The van der Waals surface area contributed by atoms with Crippen molar-refractivity contribution in [1.29, 1.82) is 0 Å². The third-order valence-corrected chi connectivity index (χ3v) is 9.10. The zero-order chi connectivity index (χ0) is 33.3. The van der Waals surface area contributed by atoms with Crippen molar-refractivity contribution in [2.75, 3.05) is 0 Å². The minimum atomic E-state index is 0.678. The largest absolute Gasteiger partial charge is 0.245 e. The van der Waals surface area contributed by atoms with Crippen molar-refractivity contribution in [2.45, 2.75) is 0 Å². The van der Waals surface area contributed by atoms with Crippen LogP contribution >= 0.6 is 0 Å². The Morgan fingerprint density at radius 3 is 1.40 bits per heavy atom. The molecule has 6 aromatic carbocycles. The number of fused-ring (bicyclic) bond motifs is 3. The molecule has 0 atom stereocenters. The topological polar surface area (TPSA) is 51.6 Å². The Morgan fingerprint density at radius 1 is 0.280 bits per heavy atom. The van der Waals surface area contributed by atoms with Gasteiger partial charge in [-0.15, -0.1) is 0 Å². The van der Waals surface area contributed by atoms with Crippen molar-refractivity contribution in [2.24, 2.45) is 0 Å². The lowest BCUT2D eigenvalue weighted by atomic mass is 9.94. The van der Waals surface area contributed by atoms with Crippen LogP contribution in [0, 0.1) is 0 Å². The van der Waals surface area contributed by atoms with E-state index in [1.807, 2.05) is 54.6 Å². The Balaban J connectivity index is 1.30. The average Bonchev–Trinajstić information content (AvgIpc) is 3.21. The summed E-state index contributed by atoms with van der Waals surface area (Å²) >= 11 is 0. The third kappa shape index (κ3) is 5.49. The summed E-state index contributed by atoms with van der Waals surface area (Å²) in [6, 6.07) is 62.5. The van der Waals surface area contributed by atoms with Crippen LogP contribution in [0.5, 0.6) is 0 Å². The van der Waals surface area contributed by atoms with E-state index in [0.29, 0.717) is 5.82 Å². The van der Waals surface area contributed by atoms with Crippen LogP contribution in [0.4, 0.5) is 0 Å². The number of nitrogens with zero attached hydrogens (tertiary/aromatic N) is 4. The van der Waals surface area contributed by atoms with Gasteiger partial charge in [-0.25, -0.2) is 19.9 Å². The molecule has 0 aliphatic rings. The normalized spacial score (nSPS) is 11.2. The van der Waals surface area contributed by atoms with Gasteiger partial charge in [0.2, 0.25) is 0 Å². The van der Waals surface area contributed by atoms with E-state index in [4.69, 9.17) is 19.9 Å². The molecule has 4 heteroatoms. The van der Waals surface area contributed by atoms with Gasteiger partial charge in [0, 0.05) is 38.6 Å². The van der Waals surface area contributed by atoms with Gasteiger partial charge in [0.15, 0.2) is 5.82 Å². The average molecular weight is 639 g/mol. The molecule has 0 spiro atoms. The van der Waals surface area contributed by atoms with Crippen LogP contribution in [-0.4, -0.2) is 19.9 Å². The second kappa shape index (κ2) is 12.7. The molecule has 0 aliphatic heterocycles. The van der Waals surface area contributed by atoms with E-state index in [2.05, 4.69) is 127 Å². The second-order valence-electron chi connectivity index (χ2n) is 12.3. The van der Waals surface area contributed by atoms with Gasteiger partial charge < -0.3 is 0 Å². The molecule has 0 radical (unpaired) electrons. The van der Waals surface area contributed by atoms with E-state index >= 15 is 0 Å². The van der Waals surface area contributed by atoms with Gasteiger partial charge in [-0.05, 0) is 29.3 Å². The zero-order valence-corrected chi connectivity index (χ0v) is 27.1. The monoisotopic (exact) mass is 638 g/mol. The lowest BCUT2D eigenvalue weighted by Gasteiger charge is -2.15. The molecular formula is C46H30N4. The minimum absolute atomic E-state index is 0.678. The molecule has 4 nitrogen and oxygen atoms in total. The first-order valence-corrected chi connectivity index (χ1v) is 16.7. The van der Waals surface area contributed by atoms with E-state index in [9.17, 15) is 0 Å². The standard InChI is InChI=1S/C46H30N4/c1-5-15-31(16-6-1)39-29-42(48-45-38(39)27-25-34-26-28-40(47-44(34)45)32-17-7-2-8-18-32)36-23-13-14-24-37(36)43-30-41(33-19-9-3-10-20-33)49-46(50-43)35-21-11-4-12-22-35/h1-30H. The van der Waals surface area contributed by atoms with Crippen LogP contribution in [-0.2, 0) is 0 Å². The Morgan fingerprint density at radius 2 is 0.760 bits per heavy atom. The highest BCUT2D eigenvalue weighted by atomic mass is 14.9. The van der Waals surface area contributed by atoms with E-state index < -0.39 is 0 Å². The summed E-state index contributed by atoms with van der Waals surface area (Å²) in [6.07, 6.45) is 0. The Hall–Kier alpha value is -6.78. The number of benzene rings is 6. The lowest BCUT2D eigenvalue weighted by Crippen LogP contribution is -1.98. The van der Waals surface area contributed by atoms with Gasteiger partial charge in [-0.3, -0.25) is 0 Å². The van der Waals surface area contributed by atoms with Gasteiger partial charge in [-0.1, -0.05) is 164 Å². The van der Waals surface area contributed by atoms with Crippen LogP contribution < -0.4 is 0 Å². The fourth-order valence-corrected chi connectivity index (χ4v) is 6.62. The quantitative estimate of drug-likeness (QED) is 0.170. The molecule has 3 heterocycles. The minimum Gasteiger partial charge on any atom is -0.245 e. The van der Waals surface area contributed by atoms with Crippen LogP contribution in [0.25, 0.3) is 89.4 Å². The van der Waals surface area contributed by atoms with Gasteiger partial charge >= 0.3 is 0 Å². The van der Waals surface area contributed by atoms with Crippen LogP contribution in [0.1, 0.15) is 0 Å². The number of hydrogen-bond donors (Lipinski definition) is 0. The number of aromatic nitrogens is 4. The highest BCUT2D eigenvalue weighted by molar-refractivity contribution is 6.10. The van der Waals surface area contributed by atoms with E-state index in [-0.39, 0.29) is 0 Å². The molecule has 3 aromatic heterocycles. The Labute approximate surface area is 290 Å². The van der Waals surface area contributed by atoms with Crippen LogP contribution in [0.2, 0.25) is 0 Å². The maximum Gasteiger partial charge on any atom is 0.160 e. The second-order valence-corrected chi connectivity index (χ2v) is 12.3. The van der Waals surface area contributed by atoms with Crippen molar-refractivity contribution in [3.05, 3.63) is 182 Å². The number of pyridine rings is 2. The summed E-state index contributed by atoms with van der Waals surface area (Å²) < 4.78 is 0. The Kier molecular flexibility index (Phi) is 7.45. The molecule has 9 aromatic rings. The fourth-order valence-electron chi connectivity index (χ4n) is 6.62. The maximum atomic E-state index is 5.44. The van der Waals surface area contributed by atoms with Gasteiger partial charge in [-0.2, -0.15) is 0 Å². The van der Waals surface area contributed by atoms with Crippen LogP contribution in [0.15, 0.2) is 182 Å². The zero-order valence-electron chi connectivity index (χ0n) is 27.1. The molecule has 0 N–H and O–H groups in total. The van der Waals surface area contributed by atoms with E-state index in [1.54, 1.807) is 0 Å². The van der Waals surface area contributed by atoms with E-state index in [0.717, 1.165) is 83.5 Å². The number of rotatable bonds is 6. The predicted molar refractivity (Wildman–Crippen MR) is 205 cm³/mol. The summed E-state index contributed by atoms with van der Waals surface area (Å²) in [5.41, 5.74) is 12.5. The maximum absolute atomic E-state index is 5.44. The Bertz CT molecular complexity index is 2560. The fraction of sp³-hybridized carbons (Fsp3) is 0.